The lowest BCUT2D eigenvalue weighted by Crippen LogP contribution is -2.18. The third-order valence-electron chi connectivity index (χ3n) is 2.49. The molecule has 0 radical (unpaired) electrons. The van der Waals surface area contributed by atoms with Gasteiger partial charge in [-0.3, -0.25) is 4.79 Å². The van der Waals surface area contributed by atoms with Gasteiger partial charge in [0.1, 0.15) is 11.4 Å². The number of anilines is 1. The molecular formula is C11H10N4O5S. The molecule has 110 valence electrons. The molecule has 9 nitrogen and oxygen atoms in total. The van der Waals surface area contributed by atoms with Crippen LogP contribution >= 0.6 is 11.3 Å². The van der Waals surface area contributed by atoms with Gasteiger partial charge in [-0.2, -0.15) is 4.68 Å². The van der Waals surface area contributed by atoms with E-state index >= 15 is 0 Å². The molecule has 0 spiro atoms. The molecule has 2 heterocycles. The molecule has 0 bridgehead atoms. The van der Waals surface area contributed by atoms with Gasteiger partial charge in [-0.15, -0.1) is 11.3 Å². The van der Waals surface area contributed by atoms with Crippen molar-refractivity contribution in [2.24, 2.45) is 0 Å². The number of carboxylic acid groups (broad SMARTS) is 1. The first-order valence-corrected chi connectivity index (χ1v) is 6.50. The standard InChI is InChI=1S/C11H10N4O5S/c1-6-4-9(21-10(6)11(17)18)12-8(16)5-14-3-2-7(13-14)15(19)20/h2-4H,5H2,1H3,(H,12,16)(H,17,18). The molecule has 2 aromatic rings. The Balaban J connectivity index is 2.02. The minimum absolute atomic E-state index is 0.153. The number of nitrogens with zero attached hydrogens (tertiary/aromatic N) is 3. The van der Waals surface area contributed by atoms with Crippen LogP contribution < -0.4 is 5.32 Å². The minimum atomic E-state index is -1.05. The molecule has 0 saturated heterocycles. The van der Waals surface area contributed by atoms with E-state index in [4.69, 9.17) is 5.11 Å². The lowest BCUT2D eigenvalue weighted by molar-refractivity contribution is -0.389. The van der Waals surface area contributed by atoms with Gasteiger partial charge in [-0.05, 0) is 23.5 Å². The number of thiophene rings is 1. The zero-order valence-electron chi connectivity index (χ0n) is 10.8. The highest BCUT2D eigenvalue weighted by atomic mass is 32.1. The highest BCUT2D eigenvalue weighted by molar-refractivity contribution is 7.18. The molecule has 0 aliphatic heterocycles. The van der Waals surface area contributed by atoms with Gasteiger partial charge in [0.05, 0.1) is 22.4 Å². The van der Waals surface area contributed by atoms with Crippen molar-refractivity contribution in [1.29, 1.82) is 0 Å². The van der Waals surface area contributed by atoms with E-state index in [1.54, 1.807) is 13.0 Å². The van der Waals surface area contributed by atoms with E-state index in [0.717, 1.165) is 16.0 Å². The number of aromatic nitrogens is 2. The SMILES string of the molecule is Cc1cc(NC(=O)Cn2ccc([N+](=O)[O-])n2)sc1C(=O)O. The maximum atomic E-state index is 11.8. The topological polar surface area (TPSA) is 127 Å². The zero-order chi connectivity index (χ0) is 15.6. The van der Waals surface area contributed by atoms with E-state index in [-0.39, 0.29) is 17.2 Å². The number of nitrogens with one attached hydrogen (secondary N) is 1. The van der Waals surface area contributed by atoms with Crippen LogP contribution in [0.5, 0.6) is 0 Å². The Morgan fingerprint density at radius 1 is 1.57 bits per heavy atom. The number of hydrogen-bond donors (Lipinski definition) is 2. The molecule has 0 aliphatic carbocycles. The van der Waals surface area contributed by atoms with Gasteiger partial charge in [-0.1, -0.05) is 0 Å². The summed E-state index contributed by atoms with van der Waals surface area (Å²) in [6, 6.07) is 2.74. The number of carbonyl (C=O) groups excluding carboxylic acids is 1. The van der Waals surface area contributed by atoms with Crippen LogP contribution in [0.4, 0.5) is 10.8 Å². The molecular weight excluding hydrogens is 300 g/mol. The zero-order valence-corrected chi connectivity index (χ0v) is 11.6. The predicted octanol–water partition coefficient (Wildman–Crippen LogP) is 1.50. The Bertz CT molecular complexity index is 720. The maximum Gasteiger partial charge on any atom is 0.389 e. The molecule has 0 fully saturated rings. The highest BCUT2D eigenvalue weighted by Gasteiger charge is 2.16. The van der Waals surface area contributed by atoms with Crippen LogP contribution in [0.3, 0.4) is 0 Å². The van der Waals surface area contributed by atoms with Gasteiger partial charge in [-0.25, -0.2) is 4.79 Å². The van der Waals surface area contributed by atoms with Crippen LogP contribution in [-0.2, 0) is 11.3 Å². The fraction of sp³-hybridized carbons (Fsp3) is 0.182. The van der Waals surface area contributed by atoms with Crippen LogP contribution in [0.15, 0.2) is 18.3 Å². The fourth-order valence-electron chi connectivity index (χ4n) is 1.62. The number of aromatic carboxylic acids is 1. The van der Waals surface area contributed by atoms with Crippen molar-refractivity contribution in [1.82, 2.24) is 9.78 Å². The summed E-state index contributed by atoms with van der Waals surface area (Å²) in [4.78, 5) is 32.6. The number of rotatable bonds is 5. The number of amides is 1. The number of aryl methyl sites for hydroxylation is 1. The molecule has 1 amide bonds. The molecule has 10 heteroatoms. The van der Waals surface area contributed by atoms with Gasteiger partial charge < -0.3 is 20.5 Å². The lowest BCUT2D eigenvalue weighted by Gasteiger charge is -1.99. The highest BCUT2D eigenvalue weighted by Crippen LogP contribution is 2.26. The quantitative estimate of drug-likeness (QED) is 0.636. The smallest absolute Gasteiger partial charge is 0.389 e. The second kappa shape index (κ2) is 5.71. The van der Waals surface area contributed by atoms with Gasteiger partial charge in [0.2, 0.25) is 5.91 Å². The van der Waals surface area contributed by atoms with Crippen molar-refractivity contribution in [3.8, 4) is 0 Å². The molecule has 21 heavy (non-hydrogen) atoms. The molecule has 0 aliphatic rings. The largest absolute Gasteiger partial charge is 0.477 e. The average Bonchev–Trinajstić information content (AvgIpc) is 2.96. The molecule has 0 atom stereocenters. The van der Waals surface area contributed by atoms with Crippen molar-refractivity contribution < 1.29 is 19.6 Å². The predicted molar refractivity (Wildman–Crippen MR) is 73.5 cm³/mol. The summed E-state index contributed by atoms with van der Waals surface area (Å²) in [5, 5.41) is 25.9. The average molecular weight is 310 g/mol. The molecule has 2 N–H and O–H groups in total. The summed E-state index contributed by atoms with van der Waals surface area (Å²) in [6.07, 6.45) is 1.32. The molecule has 0 saturated carbocycles. The summed E-state index contributed by atoms with van der Waals surface area (Å²) >= 11 is 0.947. The van der Waals surface area contributed by atoms with E-state index < -0.39 is 16.8 Å². The Morgan fingerprint density at radius 3 is 2.81 bits per heavy atom. The van der Waals surface area contributed by atoms with E-state index in [0.29, 0.717) is 10.6 Å². The Kier molecular flexibility index (Phi) is 3.98. The van der Waals surface area contributed by atoms with Crippen LogP contribution in [-0.4, -0.2) is 31.7 Å². The van der Waals surface area contributed by atoms with Crippen molar-refractivity contribution in [2.45, 2.75) is 13.5 Å². The second-order valence-electron chi connectivity index (χ2n) is 4.10. The van der Waals surface area contributed by atoms with E-state index in [2.05, 4.69) is 10.4 Å². The third kappa shape index (κ3) is 3.42. The monoisotopic (exact) mass is 310 g/mol. The minimum Gasteiger partial charge on any atom is -0.477 e. The van der Waals surface area contributed by atoms with Gasteiger partial charge in [0.15, 0.2) is 0 Å². The van der Waals surface area contributed by atoms with E-state index in [1.807, 2.05) is 0 Å². The van der Waals surface area contributed by atoms with Gasteiger partial charge in [0, 0.05) is 0 Å². The molecule has 0 aromatic carbocycles. The van der Waals surface area contributed by atoms with Crippen LogP contribution in [0, 0.1) is 17.0 Å². The molecule has 2 rings (SSSR count). The van der Waals surface area contributed by atoms with Crippen molar-refractivity contribution in [3.05, 3.63) is 38.9 Å². The fourth-order valence-corrected chi connectivity index (χ4v) is 2.54. The Morgan fingerprint density at radius 2 is 2.29 bits per heavy atom. The summed E-state index contributed by atoms with van der Waals surface area (Å²) < 4.78 is 1.13. The van der Waals surface area contributed by atoms with Crippen molar-refractivity contribution >= 4 is 34.0 Å². The Labute approximate surface area is 122 Å². The third-order valence-corrected chi connectivity index (χ3v) is 3.63. The summed E-state index contributed by atoms with van der Waals surface area (Å²) in [5.74, 6) is -1.85. The Hall–Kier alpha value is -2.75. The van der Waals surface area contributed by atoms with Crippen LogP contribution in [0.1, 0.15) is 15.2 Å². The van der Waals surface area contributed by atoms with E-state index in [9.17, 15) is 19.7 Å². The first-order valence-electron chi connectivity index (χ1n) is 5.68. The van der Waals surface area contributed by atoms with Crippen LogP contribution in [0.2, 0.25) is 0 Å². The lowest BCUT2D eigenvalue weighted by atomic mass is 10.3. The first-order chi connectivity index (χ1) is 9.86. The molecule has 2 aromatic heterocycles. The van der Waals surface area contributed by atoms with E-state index in [1.165, 1.54) is 12.3 Å². The van der Waals surface area contributed by atoms with Crippen LogP contribution in [0.25, 0.3) is 0 Å². The maximum absolute atomic E-state index is 11.8. The number of nitro groups is 1. The normalized spacial score (nSPS) is 10.3. The number of carbonyl (C=O) groups is 2. The summed E-state index contributed by atoms with van der Waals surface area (Å²) in [6.45, 7) is 1.43. The van der Waals surface area contributed by atoms with Gasteiger partial charge >= 0.3 is 11.8 Å². The first kappa shape index (κ1) is 14.7. The van der Waals surface area contributed by atoms with Gasteiger partial charge in [0.25, 0.3) is 0 Å². The number of hydrogen-bond acceptors (Lipinski definition) is 6. The second-order valence-corrected chi connectivity index (χ2v) is 5.16. The summed E-state index contributed by atoms with van der Waals surface area (Å²) in [7, 11) is 0. The summed E-state index contributed by atoms with van der Waals surface area (Å²) in [5.41, 5.74) is 0.553. The van der Waals surface area contributed by atoms with Crippen molar-refractivity contribution in [3.63, 3.8) is 0 Å². The molecule has 0 unspecified atom stereocenters. The van der Waals surface area contributed by atoms with Crippen molar-refractivity contribution in [2.75, 3.05) is 5.32 Å². The number of carboxylic acids is 1.